The Hall–Kier alpha value is -0.100. The number of aromatic nitrogens is 1. The van der Waals surface area contributed by atoms with Crippen molar-refractivity contribution >= 4 is 31.9 Å². The zero-order valence-corrected chi connectivity index (χ0v) is 8.66. The molecule has 1 heterocycles. The molecule has 66 valence electrons. The van der Waals surface area contributed by atoms with Gasteiger partial charge in [0, 0.05) is 6.20 Å². The molecule has 6 heteroatoms. The Morgan fingerprint density at radius 1 is 1.33 bits per heavy atom. The van der Waals surface area contributed by atoms with Gasteiger partial charge in [0.25, 0.3) is 6.43 Å². The van der Waals surface area contributed by atoms with Crippen molar-refractivity contribution in [1.29, 1.82) is 0 Å². The molecule has 0 bridgehead atoms. The van der Waals surface area contributed by atoms with Crippen molar-refractivity contribution in [2.75, 3.05) is 0 Å². The number of nitrogens with zero attached hydrogens (tertiary/aromatic N) is 1. The lowest BCUT2D eigenvalue weighted by Gasteiger charge is -2.04. The van der Waals surface area contributed by atoms with Gasteiger partial charge in [0.05, 0.1) is 10.0 Å². The third-order valence-corrected chi connectivity index (χ3v) is 2.36. The fourth-order valence-corrected chi connectivity index (χ4v) is 1.41. The molecule has 1 aromatic rings. The molecule has 0 N–H and O–H groups in total. The van der Waals surface area contributed by atoms with Crippen LogP contribution in [0.3, 0.4) is 0 Å². The predicted molar refractivity (Wildman–Crippen MR) is 44.6 cm³/mol. The Bertz CT molecular complexity index is 303. The second kappa shape index (κ2) is 3.74. The van der Waals surface area contributed by atoms with E-state index in [1.165, 1.54) is 0 Å². The van der Waals surface area contributed by atoms with Crippen LogP contribution in [0.25, 0.3) is 0 Å². The van der Waals surface area contributed by atoms with Crippen molar-refractivity contribution in [2.24, 2.45) is 0 Å². The van der Waals surface area contributed by atoms with Crippen LogP contribution in [0, 0.1) is 5.82 Å². The number of hydrogen-bond donors (Lipinski definition) is 0. The van der Waals surface area contributed by atoms with E-state index in [-0.39, 0.29) is 9.08 Å². The average molecular weight is 305 g/mol. The van der Waals surface area contributed by atoms with Crippen LogP contribution in [0.5, 0.6) is 0 Å². The summed E-state index contributed by atoms with van der Waals surface area (Å²) < 4.78 is 37.0. The molecule has 0 aliphatic carbocycles. The summed E-state index contributed by atoms with van der Waals surface area (Å²) in [7, 11) is 0. The summed E-state index contributed by atoms with van der Waals surface area (Å²) in [6, 6.07) is 0. The Morgan fingerprint density at radius 3 is 2.33 bits per heavy atom. The first kappa shape index (κ1) is 9.98. The highest BCUT2D eigenvalue weighted by Crippen LogP contribution is 2.31. The van der Waals surface area contributed by atoms with Crippen LogP contribution in [-0.2, 0) is 0 Å². The summed E-state index contributed by atoms with van der Waals surface area (Å²) in [6.45, 7) is 0. The maximum atomic E-state index is 12.9. The largest absolute Gasteiger partial charge is 0.269 e. The van der Waals surface area contributed by atoms with Crippen LogP contribution in [-0.4, -0.2) is 4.98 Å². The molecule has 0 aliphatic heterocycles. The molecule has 0 amide bonds. The van der Waals surface area contributed by atoms with Gasteiger partial charge in [-0.2, -0.15) is 0 Å². The van der Waals surface area contributed by atoms with Gasteiger partial charge in [-0.05, 0) is 31.9 Å². The van der Waals surface area contributed by atoms with Crippen LogP contribution in [0.4, 0.5) is 13.2 Å². The number of pyridine rings is 1. The Kier molecular flexibility index (Phi) is 3.11. The van der Waals surface area contributed by atoms with Gasteiger partial charge in [-0.1, -0.05) is 0 Å². The van der Waals surface area contributed by atoms with Gasteiger partial charge in [-0.25, -0.2) is 18.2 Å². The Labute approximate surface area is 83.2 Å². The van der Waals surface area contributed by atoms with Gasteiger partial charge < -0.3 is 0 Å². The quantitative estimate of drug-likeness (QED) is 0.721. The van der Waals surface area contributed by atoms with Gasteiger partial charge in [-0.15, -0.1) is 0 Å². The fraction of sp³-hybridized carbons (Fsp3) is 0.167. The molecule has 12 heavy (non-hydrogen) atoms. The normalized spacial score (nSPS) is 10.8. The van der Waals surface area contributed by atoms with Gasteiger partial charge in [0.1, 0.15) is 4.60 Å². The van der Waals surface area contributed by atoms with E-state index in [0.717, 1.165) is 6.20 Å². The predicted octanol–water partition coefficient (Wildman–Crippen LogP) is 3.68. The highest BCUT2D eigenvalue weighted by molar-refractivity contribution is 9.11. The van der Waals surface area contributed by atoms with E-state index in [9.17, 15) is 13.2 Å². The standard InChI is InChI=1S/C6H2Br2F3N/c7-2-1-12-5(8)3(4(2)9)6(10)11/h1,6H. The van der Waals surface area contributed by atoms with Crippen molar-refractivity contribution in [3.63, 3.8) is 0 Å². The van der Waals surface area contributed by atoms with E-state index in [4.69, 9.17) is 0 Å². The lowest BCUT2D eigenvalue weighted by atomic mass is 10.3. The Morgan fingerprint density at radius 2 is 1.92 bits per heavy atom. The fourth-order valence-electron chi connectivity index (χ4n) is 0.645. The first-order valence-corrected chi connectivity index (χ1v) is 4.40. The molecule has 1 aromatic heterocycles. The third-order valence-electron chi connectivity index (χ3n) is 1.18. The van der Waals surface area contributed by atoms with Crippen molar-refractivity contribution in [2.45, 2.75) is 6.43 Å². The lowest BCUT2D eigenvalue weighted by Crippen LogP contribution is -1.95. The van der Waals surface area contributed by atoms with E-state index in [1.54, 1.807) is 0 Å². The van der Waals surface area contributed by atoms with Crippen LogP contribution in [0.15, 0.2) is 15.3 Å². The maximum absolute atomic E-state index is 12.9. The second-order valence-corrected chi connectivity index (χ2v) is 3.53. The van der Waals surface area contributed by atoms with E-state index < -0.39 is 17.8 Å². The van der Waals surface area contributed by atoms with Crippen LogP contribution >= 0.6 is 31.9 Å². The number of hydrogen-bond acceptors (Lipinski definition) is 1. The average Bonchev–Trinajstić information content (AvgIpc) is 1.97. The van der Waals surface area contributed by atoms with Crippen LogP contribution in [0.1, 0.15) is 12.0 Å². The zero-order valence-electron chi connectivity index (χ0n) is 5.49. The molecule has 0 aliphatic rings. The summed E-state index contributed by atoms with van der Waals surface area (Å²) in [5, 5.41) is 0. The molecule has 0 radical (unpaired) electrons. The van der Waals surface area contributed by atoms with Gasteiger partial charge in [0.15, 0.2) is 5.82 Å². The number of rotatable bonds is 1. The summed E-state index contributed by atoms with van der Waals surface area (Å²) in [5.74, 6) is -0.980. The van der Waals surface area contributed by atoms with E-state index in [2.05, 4.69) is 36.8 Å². The number of alkyl halides is 2. The smallest absolute Gasteiger partial charge is 0.247 e. The molecule has 0 saturated heterocycles. The highest BCUT2D eigenvalue weighted by Gasteiger charge is 2.20. The topological polar surface area (TPSA) is 12.9 Å². The molecule has 0 atom stereocenters. The van der Waals surface area contributed by atoms with E-state index in [0.29, 0.717) is 0 Å². The summed E-state index contributed by atoms with van der Waals surface area (Å²) in [5.41, 5.74) is -0.718. The van der Waals surface area contributed by atoms with E-state index in [1.807, 2.05) is 0 Å². The summed E-state index contributed by atoms with van der Waals surface area (Å²) in [4.78, 5) is 3.51. The van der Waals surface area contributed by atoms with E-state index >= 15 is 0 Å². The van der Waals surface area contributed by atoms with Crippen molar-refractivity contribution in [3.05, 3.63) is 26.7 Å². The second-order valence-electron chi connectivity index (χ2n) is 1.93. The van der Waals surface area contributed by atoms with Crippen molar-refractivity contribution < 1.29 is 13.2 Å². The minimum atomic E-state index is -2.87. The van der Waals surface area contributed by atoms with Gasteiger partial charge in [0.2, 0.25) is 0 Å². The summed E-state index contributed by atoms with van der Waals surface area (Å²) in [6.07, 6.45) is -1.75. The molecule has 1 rings (SSSR count). The lowest BCUT2D eigenvalue weighted by molar-refractivity contribution is 0.144. The van der Waals surface area contributed by atoms with Gasteiger partial charge >= 0.3 is 0 Å². The molecule has 0 fully saturated rings. The SMILES string of the molecule is Fc1c(Br)cnc(Br)c1C(F)F. The highest BCUT2D eigenvalue weighted by atomic mass is 79.9. The first-order valence-electron chi connectivity index (χ1n) is 2.81. The molecule has 0 unspecified atom stereocenters. The Balaban J connectivity index is 3.33. The van der Waals surface area contributed by atoms with Crippen molar-refractivity contribution in [1.82, 2.24) is 4.98 Å². The van der Waals surface area contributed by atoms with Crippen LogP contribution in [0.2, 0.25) is 0 Å². The summed E-state index contributed by atoms with van der Waals surface area (Å²) >= 11 is 5.49. The number of halogens is 5. The molecular formula is C6H2Br2F3N. The third kappa shape index (κ3) is 1.80. The zero-order chi connectivity index (χ0) is 9.30. The molecule has 1 nitrogen and oxygen atoms in total. The molecule has 0 aromatic carbocycles. The van der Waals surface area contributed by atoms with Crippen molar-refractivity contribution in [3.8, 4) is 0 Å². The first-order chi connectivity index (χ1) is 5.54. The minimum Gasteiger partial charge on any atom is -0.247 e. The van der Waals surface area contributed by atoms with Gasteiger partial charge in [-0.3, -0.25) is 0 Å². The monoisotopic (exact) mass is 303 g/mol. The molecular weight excluding hydrogens is 303 g/mol. The maximum Gasteiger partial charge on any atom is 0.269 e. The van der Waals surface area contributed by atoms with Crippen LogP contribution < -0.4 is 0 Å². The minimum absolute atomic E-state index is 0.0685. The molecule has 0 saturated carbocycles. The molecule has 0 spiro atoms.